The van der Waals surface area contributed by atoms with Gasteiger partial charge in [0, 0.05) is 6.54 Å². The topological polar surface area (TPSA) is 66.6 Å². The minimum atomic E-state index is -0.568. The van der Waals surface area contributed by atoms with Crippen LogP contribution in [0.1, 0.15) is 32.4 Å². The van der Waals surface area contributed by atoms with Crippen molar-refractivity contribution in [3.63, 3.8) is 0 Å². The molecule has 1 aromatic carbocycles. The Morgan fingerprint density at radius 1 is 1.42 bits per heavy atom. The van der Waals surface area contributed by atoms with Crippen LogP contribution >= 0.6 is 11.6 Å². The third kappa shape index (κ3) is 4.73. The van der Waals surface area contributed by atoms with Crippen molar-refractivity contribution in [2.75, 3.05) is 18.0 Å². The van der Waals surface area contributed by atoms with Gasteiger partial charge in [0.25, 0.3) is 0 Å². The lowest BCUT2D eigenvalue weighted by Gasteiger charge is -2.26. The van der Waals surface area contributed by atoms with Gasteiger partial charge in [-0.3, -0.25) is 4.79 Å². The SMILES string of the molecule is CC(C)CN(CC(N)=O)c1ccc([C@H](C)O)cc1Cl. The van der Waals surface area contributed by atoms with Gasteiger partial charge in [0.05, 0.1) is 23.4 Å². The Kier molecular flexibility index (Phi) is 5.63. The maximum Gasteiger partial charge on any atom is 0.236 e. The molecule has 0 unspecified atom stereocenters. The number of aliphatic hydroxyl groups excluding tert-OH is 1. The summed E-state index contributed by atoms with van der Waals surface area (Å²) in [4.78, 5) is 13.0. The Labute approximate surface area is 119 Å². The smallest absolute Gasteiger partial charge is 0.236 e. The number of benzene rings is 1. The number of nitrogens with zero attached hydrogens (tertiary/aromatic N) is 1. The number of aliphatic hydroxyl groups is 1. The molecule has 1 rings (SSSR count). The Morgan fingerprint density at radius 2 is 2.05 bits per heavy atom. The van der Waals surface area contributed by atoms with E-state index < -0.39 is 12.0 Å². The summed E-state index contributed by atoms with van der Waals surface area (Å²) in [6.07, 6.45) is -0.568. The van der Waals surface area contributed by atoms with E-state index in [1.807, 2.05) is 11.0 Å². The van der Waals surface area contributed by atoms with Crippen LogP contribution in [0.25, 0.3) is 0 Å². The molecule has 0 saturated carbocycles. The first-order chi connectivity index (χ1) is 8.81. The third-order valence-corrected chi connectivity index (χ3v) is 3.03. The molecule has 0 aliphatic rings. The van der Waals surface area contributed by atoms with Gasteiger partial charge in [0.15, 0.2) is 0 Å². The Bertz CT molecular complexity index is 447. The Hall–Kier alpha value is -1.26. The molecular weight excluding hydrogens is 264 g/mol. The van der Waals surface area contributed by atoms with Gasteiger partial charge in [-0.15, -0.1) is 0 Å². The van der Waals surface area contributed by atoms with Crippen molar-refractivity contribution in [1.29, 1.82) is 0 Å². The molecule has 0 aliphatic carbocycles. The summed E-state index contributed by atoms with van der Waals surface area (Å²) in [6.45, 7) is 6.63. The monoisotopic (exact) mass is 284 g/mol. The summed E-state index contributed by atoms with van der Waals surface area (Å²) in [5, 5.41) is 10.0. The zero-order chi connectivity index (χ0) is 14.6. The van der Waals surface area contributed by atoms with Crippen molar-refractivity contribution in [1.82, 2.24) is 0 Å². The molecule has 1 atom stereocenters. The van der Waals surface area contributed by atoms with E-state index in [-0.39, 0.29) is 6.54 Å². The van der Waals surface area contributed by atoms with Crippen LogP contribution in [0.4, 0.5) is 5.69 Å². The summed E-state index contributed by atoms with van der Waals surface area (Å²) in [7, 11) is 0. The van der Waals surface area contributed by atoms with Gasteiger partial charge < -0.3 is 15.7 Å². The van der Waals surface area contributed by atoms with Crippen molar-refractivity contribution in [3.05, 3.63) is 28.8 Å². The molecule has 1 aromatic rings. The first kappa shape index (κ1) is 15.8. The molecule has 4 nitrogen and oxygen atoms in total. The molecule has 3 N–H and O–H groups in total. The molecule has 19 heavy (non-hydrogen) atoms. The van der Waals surface area contributed by atoms with Crippen LogP contribution in [0.3, 0.4) is 0 Å². The van der Waals surface area contributed by atoms with E-state index in [1.165, 1.54) is 0 Å². The first-order valence-corrected chi connectivity index (χ1v) is 6.69. The van der Waals surface area contributed by atoms with Gasteiger partial charge >= 0.3 is 0 Å². The van der Waals surface area contributed by atoms with Gasteiger partial charge in [0.2, 0.25) is 5.91 Å². The number of amides is 1. The van der Waals surface area contributed by atoms with E-state index >= 15 is 0 Å². The Balaban J connectivity index is 3.04. The molecule has 0 bridgehead atoms. The summed E-state index contributed by atoms with van der Waals surface area (Å²) in [5.74, 6) is -0.0109. The van der Waals surface area contributed by atoms with Crippen molar-refractivity contribution in [2.24, 2.45) is 11.7 Å². The molecule has 0 radical (unpaired) electrons. The fourth-order valence-corrected chi connectivity index (χ4v) is 2.22. The highest BCUT2D eigenvalue weighted by Gasteiger charge is 2.15. The number of carbonyl (C=O) groups is 1. The van der Waals surface area contributed by atoms with Crippen LogP contribution in [-0.2, 0) is 4.79 Å². The van der Waals surface area contributed by atoms with Crippen LogP contribution < -0.4 is 10.6 Å². The van der Waals surface area contributed by atoms with Crippen LogP contribution in [0, 0.1) is 5.92 Å². The lowest BCUT2D eigenvalue weighted by atomic mass is 10.1. The van der Waals surface area contributed by atoms with E-state index in [1.54, 1.807) is 19.1 Å². The molecule has 0 spiro atoms. The molecule has 5 heteroatoms. The highest BCUT2D eigenvalue weighted by molar-refractivity contribution is 6.33. The zero-order valence-electron chi connectivity index (χ0n) is 11.6. The number of carbonyl (C=O) groups excluding carboxylic acids is 1. The van der Waals surface area contributed by atoms with Gasteiger partial charge in [-0.2, -0.15) is 0 Å². The van der Waals surface area contributed by atoms with Gasteiger partial charge in [0.1, 0.15) is 0 Å². The zero-order valence-corrected chi connectivity index (χ0v) is 12.3. The minimum absolute atomic E-state index is 0.131. The lowest BCUT2D eigenvalue weighted by molar-refractivity contribution is -0.116. The molecule has 0 aliphatic heterocycles. The summed E-state index contributed by atoms with van der Waals surface area (Å²) < 4.78 is 0. The summed E-state index contributed by atoms with van der Waals surface area (Å²) in [6, 6.07) is 5.34. The van der Waals surface area contributed by atoms with Crippen molar-refractivity contribution >= 4 is 23.2 Å². The van der Waals surface area contributed by atoms with Gasteiger partial charge in [-0.1, -0.05) is 31.5 Å². The fraction of sp³-hybridized carbons (Fsp3) is 0.500. The van der Waals surface area contributed by atoms with Crippen molar-refractivity contribution in [3.8, 4) is 0 Å². The molecule has 0 saturated heterocycles. The molecule has 0 aromatic heterocycles. The number of rotatable bonds is 6. The summed E-state index contributed by atoms with van der Waals surface area (Å²) >= 11 is 6.23. The first-order valence-electron chi connectivity index (χ1n) is 6.32. The van der Waals surface area contributed by atoms with E-state index in [9.17, 15) is 9.90 Å². The maximum atomic E-state index is 11.1. The average Bonchev–Trinajstić information content (AvgIpc) is 2.26. The van der Waals surface area contributed by atoms with Crippen LogP contribution in [0.2, 0.25) is 5.02 Å². The van der Waals surface area contributed by atoms with E-state index in [2.05, 4.69) is 13.8 Å². The molecule has 1 amide bonds. The van der Waals surface area contributed by atoms with Crippen LogP contribution in [0.5, 0.6) is 0 Å². The summed E-state index contributed by atoms with van der Waals surface area (Å²) in [5.41, 5.74) is 6.78. The predicted octanol–water partition coefficient (Wildman–Crippen LogP) is 2.34. The third-order valence-electron chi connectivity index (χ3n) is 2.73. The molecule has 106 valence electrons. The Morgan fingerprint density at radius 3 is 2.47 bits per heavy atom. The predicted molar refractivity (Wildman–Crippen MR) is 78.3 cm³/mol. The quantitative estimate of drug-likeness (QED) is 0.843. The molecular formula is C14H21ClN2O2. The van der Waals surface area contributed by atoms with Crippen LogP contribution in [0.15, 0.2) is 18.2 Å². The normalized spacial score (nSPS) is 12.5. The van der Waals surface area contributed by atoms with Crippen molar-refractivity contribution < 1.29 is 9.90 Å². The van der Waals surface area contributed by atoms with E-state index in [0.717, 1.165) is 11.3 Å². The fourth-order valence-electron chi connectivity index (χ4n) is 1.92. The van der Waals surface area contributed by atoms with E-state index in [4.69, 9.17) is 17.3 Å². The van der Waals surface area contributed by atoms with E-state index in [0.29, 0.717) is 17.5 Å². The average molecular weight is 285 g/mol. The maximum absolute atomic E-state index is 11.1. The number of primary amides is 1. The molecule has 0 heterocycles. The lowest BCUT2D eigenvalue weighted by Crippen LogP contribution is -2.36. The van der Waals surface area contributed by atoms with Gasteiger partial charge in [-0.25, -0.2) is 0 Å². The number of nitrogens with two attached hydrogens (primary N) is 1. The second-order valence-corrected chi connectivity index (χ2v) is 5.53. The number of hydrogen-bond acceptors (Lipinski definition) is 3. The highest BCUT2D eigenvalue weighted by Crippen LogP contribution is 2.29. The molecule has 0 fully saturated rings. The number of halogens is 1. The highest BCUT2D eigenvalue weighted by atomic mass is 35.5. The van der Waals surface area contributed by atoms with Gasteiger partial charge in [-0.05, 0) is 30.5 Å². The number of anilines is 1. The second kappa shape index (κ2) is 6.78. The largest absolute Gasteiger partial charge is 0.389 e. The van der Waals surface area contributed by atoms with Crippen molar-refractivity contribution in [2.45, 2.75) is 26.9 Å². The van der Waals surface area contributed by atoms with Crippen LogP contribution in [-0.4, -0.2) is 24.1 Å². The second-order valence-electron chi connectivity index (χ2n) is 5.13. The minimum Gasteiger partial charge on any atom is -0.389 e. The number of hydrogen-bond donors (Lipinski definition) is 2. The standard InChI is InChI=1S/C14H21ClN2O2/c1-9(2)7-17(8-14(16)19)13-5-4-11(10(3)18)6-12(13)15/h4-6,9-10,18H,7-8H2,1-3H3,(H2,16,19)/t10-/m0/s1.